The molecule has 0 aromatic heterocycles. The maximum atomic E-state index is 13.2. The van der Waals surface area contributed by atoms with Crippen molar-refractivity contribution < 1.29 is 4.39 Å². The van der Waals surface area contributed by atoms with Crippen molar-refractivity contribution in [3.63, 3.8) is 0 Å². The van der Waals surface area contributed by atoms with Gasteiger partial charge < -0.3 is 0 Å². The van der Waals surface area contributed by atoms with E-state index in [4.69, 9.17) is 0 Å². The molecule has 0 saturated carbocycles. The standard InChI is InChI=1S/C12H14BrF/c1-7(2)9-3-4-10-11(9)5-8(14)6-12(10)13/h5-7,9H,3-4H2,1-2H3. The number of hydrogen-bond acceptors (Lipinski definition) is 0. The van der Waals surface area contributed by atoms with Crippen molar-refractivity contribution in [1.82, 2.24) is 0 Å². The lowest BCUT2D eigenvalue weighted by Crippen LogP contribution is -2.02. The van der Waals surface area contributed by atoms with Gasteiger partial charge >= 0.3 is 0 Å². The van der Waals surface area contributed by atoms with Gasteiger partial charge in [-0.25, -0.2) is 4.39 Å². The lowest BCUT2D eigenvalue weighted by Gasteiger charge is -2.15. The zero-order chi connectivity index (χ0) is 10.3. The second-order valence-electron chi connectivity index (χ2n) is 4.34. The summed E-state index contributed by atoms with van der Waals surface area (Å²) in [7, 11) is 0. The molecule has 76 valence electrons. The number of hydrogen-bond donors (Lipinski definition) is 0. The Morgan fingerprint density at radius 1 is 1.43 bits per heavy atom. The molecule has 0 heterocycles. The molecule has 1 atom stereocenters. The van der Waals surface area contributed by atoms with Crippen LogP contribution in [0.5, 0.6) is 0 Å². The topological polar surface area (TPSA) is 0 Å². The van der Waals surface area contributed by atoms with E-state index in [0.717, 1.165) is 17.3 Å². The smallest absolute Gasteiger partial charge is 0.124 e. The van der Waals surface area contributed by atoms with Gasteiger partial charge in [0, 0.05) is 4.47 Å². The second kappa shape index (κ2) is 3.65. The zero-order valence-corrected chi connectivity index (χ0v) is 10.1. The molecule has 0 radical (unpaired) electrons. The van der Waals surface area contributed by atoms with Crippen LogP contribution in [0.3, 0.4) is 0 Å². The largest absolute Gasteiger partial charge is 0.207 e. The highest BCUT2D eigenvalue weighted by atomic mass is 79.9. The van der Waals surface area contributed by atoms with Crippen molar-refractivity contribution in [2.24, 2.45) is 5.92 Å². The quantitative estimate of drug-likeness (QED) is 0.704. The van der Waals surface area contributed by atoms with Crippen molar-refractivity contribution in [3.05, 3.63) is 33.5 Å². The summed E-state index contributed by atoms with van der Waals surface area (Å²) in [6, 6.07) is 3.28. The van der Waals surface area contributed by atoms with E-state index >= 15 is 0 Å². The molecule has 0 bridgehead atoms. The molecule has 2 rings (SSSR count). The van der Waals surface area contributed by atoms with Crippen LogP contribution in [0.2, 0.25) is 0 Å². The van der Waals surface area contributed by atoms with Crippen LogP contribution in [-0.4, -0.2) is 0 Å². The minimum absolute atomic E-state index is 0.122. The Hall–Kier alpha value is -0.370. The van der Waals surface area contributed by atoms with Crippen LogP contribution >= 0.6 is 15.9 Å². The third kappa shape index (κ3) is 1.60. The normalized spacial score (nSPS) is 20.2. The predicted molar refractivity (Wildman–Crippen MR) is 60.0 cm³/mol. The van der Waals surface area contributed by atoms with Crippen molar-refractivity contribution >= 4 is 15.9 Å². The fraction of sp³-hybridized carbons (Fsp3) is 0.500. The molecule has 1 aromatic rings. The van der Waals surface area contributed by atoms with Gasteiger partial charge in [-0.3, -0.25) is 0 Å². The first-order valence-corrected chi connectivity index (χ1v) is 5.86. The minimum Gasteiger partial charge on any atom is -0.207 e. The molecule has 0 spiro atoms. The zero-order valence-electron chi connectivity index (χ0n) is 8.48. The Morgan fingerprint density at radius 2 is 2.14 bits per heavy atom. The Kier molecular flexibility index (Phi) is 2.65. The van der Waals surface area contributed by atoms with E-state index < -0.39 is 0 Å². The summed E-state index contributed by atoms with van der Waals surface area (Å²) in [5.41, 5.74) is 2.52. The summed E-state index contributed by atoms with van der Waals surface area (Å²) in [5, 5.41) is 0. The van der Waals surface area contributed by atoms with Gasteiger partial charge in [-0.05, 0) is 47.9 Å². The van der Waals surface area contributed by atoms with Crippen LogP contribution in [0.4, 0.5) is 4.39 Å². The molecule has 14 heavy (non-hydrogen) atoms. The molecular weight excluding hydrogens is 243 g/mol. The molecule has 0 N–H and O–H groups in total. The van der Waals surface area contributed by atoms with Crippen LogP contribution in [0.25, 0.3) is 0 Å². The highest BCUT2D eigenvalue weighted by Gasteiger charge is 2.27. The number of benzene rings is 1. The maximum Gasteiger partial charge on any atom is 0.124 e. The molecule has 1 unspecified atom stereocenters. The van der Waals surface area contributed by atoms with Crippen LogP contribution in [0.1, 0.15) is 37.3 Å². The Labute approximate surface area is 92.6 Å². The number of fused-ring (bicyclic) bond motifs is 1. The highest BCUT2D eigenvalue weighted by molar-refractivity contribution is 9.10. The summed E-state index contributed by atoms with van der Waals surface area (Å²) >= 11 is 3.43. The average molecular weight is 257 g/mol. The van der Waals surface area contributed by atoms with Crippen LogP contribution in [-0.2, 0) is 6.42 Å². The Balaban J connectivity index is 2.49. The molecule has 0 amide bonds. The van der Waals surface area contributed by atoms with E-state index in [-0.39, 0.29) is 5.82 Å². The minimum atomic E-state index is -0.122. The number of halogens is 2. The first kappa shape index (κ1) is 10.2. The fourth-order valence-corrected chi connectivity index (χ4v) is 3.01. The number of rotatable bonds is 1. The van der Waals surface area contributed by atoms with Gasteiger partial charge in [-0.2, -0.15) is 0 Å². The maximum absolute atomic E-state index is 13.2. The second-order valence-corrected chi connectivity index (χ2v) is 5.20. The molecule has 2 heteroatoms. The van der Waals surface area contributed by atoms with Crippen molar-refractivity contribution in [2.75, 3.05) is 0 Å². The molecule has 0 nitrogen and oxygen atoms in total. The van der Waals surface area contributed by atoms with Crippen LogP contribution < -0.4 is 0 Å². The van der Waals surface area contributed by atoms with Gasteiger partial charge in [0.15, 0.2) is 0 Å². The van der Waals surface area contributed by atoms with Crippen molar-refractivity contribution in [1.29, 1.82) is 0 Å². The van der Waals surface area contributed by atoms with Gasteiger partial charge in [0.2, 0.25) is 0 Å². The van der Waals surface area contributed by atoms with E-state index in [1.807, 2.05) is 0 Å². The van der Waals surface area contributed by atoms with Gasteiger partial charge in [0.1, 0.15) is 5.82 Å². The molecule has 1 aliphatic carbocycles. The molecular formula is C12H14BrF. The van der Waals surface area contributed by atoms with E-state index in [2.05, 4.69) is 29.8 Å². The Morgan fingerprint density at radius 3 is 2.79 bits per heavy atom. The van der Waals surface area contributed by atoms with Gasteiger partial charge in [-0.15, -0.1) is 0 Å². The van der Waals surface area contributed by atoms with Gasteiger partial charge in [0.25, 0.3) is 0 Å². The third-order valence-electron chi connectivity index (χ3n) is 3.10. The van der Waals surface area contributed by atoms with Crippen LogP contribution in [0.15, 0.2) is 16.6 Å². The average Bonchev–Trinajstić information content (AvgIpc) is 2.47. The summed E-state index contributed by atoms with van der Waals surface area (Å²) in [5.74, 6) is 1.02. The van der Waals surface area contributed by atoms with Crippen LogP contribution in [0, 0.1) is 11.7 Å². The molecule has 0 saturated heterocycles. The van der Waals surface area contributed by atoms with E-state index in [9.17, 15) is 4.39 Å². The van der Waals surface area contributed by atoms with Crippen molar-refractivity contribution in [3.8, 4) is 0 Å². The summed E-state index contributed by atoms with van der Waals surface area (Å²) in [6.07, 6.45) is 2.24. The fourth-order valence-electron chi connectivity index (χ4n) is 2.37. The van der Waals surface area contributed by atoms with E-state index in [0.29, 0.717) is 11.8 Å². The lowest BCUT2D eigenvalue weighted by molar-refractivity contribution is 0.493. The molecule has 0 fully saturated rings. The van der Waals surface area contributed by atoms with E-state index in [1.54, 1.807) is 12.1 Å². The predicted octanol–water partition coefficient (Wildman–Crippen LogP) is 4.27. The summed E-state index contributed by atoms with van der Waals surface area (Å²) in [6.45, 7) is 4.41. The third-order valence-corrected chi connectivity index (χ3v) is 3.81. The molecule has 1 aliphatic rings. The SMILES string of the molecule is CC(C)C1CCc2c(Br)cc(F)cc21. The van der Waals surface area contributed by atoms with E-state index in [1.165, 1.54) is 11.1 Å². The Bertz CT molecular complexity index is 358. The highest BCUT2D eigenvalue weighted by Crippen LogP contribution is 2.41. The molecule has 0 aliphatic heterocycles. The van der Waals surface area contributed by atoms with Gasteiger partial charge in [0.05, 0.1) is 0 Å². The first-order valence-electron chi connectivity index (χ1n) is 5.07. The lowest BCUT2D eigenvalue weighted by atomic mass is 9.90. The van der Waals surface area contributed by atoms with Crippen molar-refractivity contribution in [2.45, 2.75) is 32.6 Å². The first-order chi connectivity index (χ1) is 6.59. The summed E-state index contributed by atoms with van der Waals surface area (Å²) < 4.78 is 14.2. The monoisotopic (exact) mass is 256 g/mol. The summed E-state index contributed by atoms with van der Waals surface area (Å²) in [4.78, 5) is 0. The molecule has 1 aromatic carbocycles. The van der Waals surface area contributed by atoms with Gasteiger partial charge in [-0.1, -0.05) is 29.8 Å².